The molecule has 1 aromatic carbocycles. The maximum Gasteiger partial charge on any atom is 0.0669 e. The third-order valence-corrected chi connectivity index (χ3v) is 3.67. The van der Waals surface area contributed by atoms with Crippen LogP contribution in [0.2, 0.25) is 0 Å². The monoisotopic (exact) mass is 322 g/mol. The van der Waals surface area contributed by atoms with Gasteiger partial charge in [-0.05, 0) is 44.0 Å². The number of nitrogens with zero attached hydrogens (tertiary/aromatic N) is 2. The van der Waals surface area contributed by atoms with E-state index in [-0.39, 0.29) is 6.04 Å². The van der Waals surface area contributed by atoms with Gasteiger partial charge < -0.3 is 0 Å². The Bertz CT molecular complexity index is 533. The zero-order chi connectivity index (χ0) is 13.8. The molecule has 3 N–H and O–H groups in total. The number of aryl methyl sites for hydroxylation is 2. The highest BCUT2D eigenvalue weighted by Crippen LogP contribution is 2.20. The molecule has 0 saturated heterocycles. The van der Waals surface area contributed by atoms with Crippen molar-refractivity contribution in [2.24, 2.45) is 5.84 Å². The van der Waals surface area contributed by atoms with Crippen molar-refractivity contribution in [2.45, 2.75) is 32.9 Å². The average Bonchev–Trinajstić information content (AvgIpc) is 2.79. The minimum atomic E-state index is 0.0716. The van der Waals surface area contributed by atoms with Crippen LogP contribution in [0.4, 0.5) is 0 Å². The fourth-order valence-electron chi connectivity index (χ4n) is 2.20. The molecule has 1 aromatic heterocycles. The lowest BCUT2D eigenvalue weighted by atomic mass is 10.0. The first-order chi connectivity index (χ1) is 9.13. The van der Waals surface area contributed by atoms with E-state index in [1.807, 2.05) is 23.7 Å². The molecule has 102 valence electrons. The molecule has 0 radical (unpaired) electrons. The van der Waals surface area contributed by atoms with Gasteiger partial charge in [-0.2, -0.15) is 5.10 Å². The van der Waals surface area contributed by atoms with Gasteiger partial charge in [0.1, 0.15) is 0 Å². The highest BCUT2D eigenvalue weighted by molar-refractivity contribution is 9.10. The SMILES string of the molecule is CCn1nc(C)cc1C(Cc1ccc(Br)cc1)NN. The molecule has 0 aliphatic carbocycles. The number of nitrogens with one attached hydrogen (secondary N) is 1. The van der Waals surface area contributed by atoms with Gasteiger partial charge in [0.05, 0.1) is 17.4 Å². The van der Waals surface area contributed by atoms with E-state index in [4.69, 9.17) is 5.84 Å². The molecule has 1 atom stereocenters. The lowest BCUT2D eigenvalue weighted by molar-refractivity contribution is 0.490. The van der Waals surface area contributed by atoms with Gasteiger partial charge in [0, 0.05) is 11.0 Å². The van der Waals surface area contributed by atoms with Crippen LogP contribution in [-0.2, 0) is 13.0 Å². The van der Waals surface area contributed by atoms with Gasteiger partial charge in [-0.1, -0.05) is 28.1 Å². The van der Waals surface area contributed by atoms with E-state index in [0.717, 1.165) is 28.8 Å². The normalized spacial score (nSPS) is 12.6. The lowest BCUT2D eigenvalue weighted by Gasteiger charge is -2.17. The van der Waals surface area contributed by atoms with E-state index < -0.39 is 0 Å². The maximum absolute atomic E-state index is 5.72. The van der Waals surface area contributed by atoms with Gasteiger partial charge >= 0.3 is 0 Å². The molecule has 1 heterocycles. The number of hydrazine groups is 1. The van der Waals surface area contributed by atoms with Gasteiger partial charge in [-0.25, -0.2) is 0 Å². The van der Waals surface area contributed by atoms with Gasteiger partial charge in [0.2, 0.25) is 0 Å². The second-order valence-corrected chi connectivity index (χ2v) is 5.49. The van der Waals surface area contributed by atoms with Gasteiger partial charge in [-0.15, -0.1) is 0 Å². The van der Waals surface area contributed by atoms with Gasteiger partial charge in [0.15, 0.2) is 0 Å². The summed E-state index contributed by atoms with van der Waals surface area (Å²) >= 11 is 3.45. The molecule has 0 amide bonds. The third-order valence-electron chi connectivity index (χ3n) is 3.14. The molecule has 4 nitrogen and oxygen atoms in total. The van der Waals surface area contributed by atoms with Crippen LogP contribution in [0.25, 0.3) is 0 Å². The largest absolute Gasteiger partial charge is 0.271 e. The summed E-state index contributed by atoms with van der Waals surface area (Å²) in [6.07, 6.45) is 0.842. The summed E-state index contributed by atoms with van der Waals surface area (Å²) in [5.74, 6) is 5.72. The highest BCUT2D eigenvalue weighted by atomic mass is 79.9. The van der Waals surface area contributed by atoms with Crippen molar-refractivity contribution in [3.05, 3.63) is 51.8 Å². The van der Waals surface area contributed by atoms with Crippen LogP contribution in [0.15, 0.2) is 34.8 Å². The summed E-state index contributed by atoms with van der Waals surface area (Å²) in [6, 6.07) is 10.5. The van der Waals surface area contributed by atoms with Crippen LogP contribution < -0.4 is 11.3 Å². The molecule has 0 bridgehead atoms. The Hall–Kier alpha value is -1.17. The molecule has 0 aliphatic heterocycles. The molecular weight excluding hydrogens is 304 g/mol. The first-order valence-corrected chi connectivity index (χ1v) is 7.18. The molecule has 0 fully saturated rings. The van der Waals surface area contributed by atoms with E-state index in [0.29, 0.717) is 0 Å². The van der Waals surface area contributed by atoms with Crippen LogP contribution in [0.1, 0.15) is 29.9 Å². The highest BCUT2D eigenvalue weighted by Gasteiger charge is 2.16. The number of aromatic nitrogens is 2. The fraction of sp³-hybridized carbons (Fsp3) is 0.357. The predicted molar refractivity (Wildman–Crippen MR) is 80.5 cm³/mol. The van der Waals surface area contributed by atoms with Crippen molar-refractivity contribution in [3.8, 4) is 0 Å². The van der Waals surface area contributed by atoms with Gasteiger partial charge in [-0.3, -0.25) is 16.0 Å². The Morgan fingerprint density at radius 1 is 1.37 bits per heavy atom. The summed E-state index contributed by atoms with van der Waals surface area (Å²) in [6.45, 7) is 4.94. The minimum absolute atomic E-state index is 0.0716. The zero-order valence-corrected chi connectivity index (χ0v) is 12.8. The topological polar surface area (TPSA) is 55.9 Å². The van der Waals surface area contributed by atoms with Crippen LogP contribution in [-0.4, -0.2) is 9.78 Å². The Kier molecular flexibility index (Phi) is 4.74. The summed E-state index contributed by atoms with van der Waals surface area (Å²) in [7, 11) is 0. The summed E-state index contributed by atoms with van der Waals surface area (Å²) in [5.41, 5.74) is 6.29. The second-order valence-electron chi connectivity index (χ2n) is 4.58. The number of halogens is 1. The van der Waals surface area contributed by atoms with Crippen molar-refractivity contribution < 1.29 is 0 Å². The molecule has 0 saturated carbocycles. The molecule has 0 spiro atoms. The maximum atomic E-state index is 5.72. The minimum Gasteiger partial charge on any atom is -0.271 e. The number of hydrogen-bond acceptors (Lipinski definition) is 3. The predicted octanol–water partition coefficient (Wildman–Crippen LogP) is 2.72. The lowest BCUT2D eigenvalue weighted by Crippen LogP contribution is -2.31. The quantitative estimate of drug-likeness (QED) is 0.657. The molecule has 19 heavy (non-hydrogen) atoms. The third kappa shape index (κ3) is 3.43. The number of hydrogen-bond donors (Lipinski definition) is 2. The van der Waals surface area contributed by atoms with Gasteiger partial charge in [0.25, 0.3) is 0 Å². The molecule has 2 rings (SSSR count). The number of rotatable bonds is 5. The summed E-state index contributed by atoms with van der Waals surface area (Å²) < 4.78 is 3.08. The van der Waals surface area contributed by atoms with Crippen LogP contribution in [0, 0.1) is 6.92 Å². The smallest absolute Gasteiger partial charge is 0.0669 e. The van der Waals surface area contributed by atoms with Crippen molar-refractivity contribution in [2.75, 3.05) is 0 Å². The van der Waals surface area contributed by atoms with Crippen LogP contribution >= 0.6 is 15.9 Å². The first kappa shape index (κ1) is 14.2. The van der Waals surface area contributed by atoms with E-state index in [1.54, 1.807) is 0 Å². The van der Waals surface area contributed by atoms with E-state index in [9.17, 15) is 0 Å². The van der Waals surface area contributed by atoms with Crippen LogP contribution in [0.5, 0.6) is 0 Å². The standard InChI is InChI=1S/C14H19BrN4/c1-3-19-14(8-10(2)18-19)13(17-16)9-11-4-6-12(15)7-5-11/h4-8,13,17H,3,9,16H2,1-2H3. The van der Waals surface area contributed by atoms with Crippen molar-refractivity contribution >= 4 is 15.9 Å². The fourth-order valence-corrected chi connectivity index (χ4v) is 2.47. The Balaban J connectivity index is 2.22. The molecule has 2 aromatic rings. The Morgan fingerprint density at radius 2 is 2.05 bits per heavy atom. The van der Waals surface area contributed by atoms with Crippen LogP contribution in [0.3, 0.4) is 0 Å². The van der Waals surface area contributed by atoms with Crippen molar-refractivity contribution in [3.63, 3.8) is 0 Å². The Morgan fingerprint density at radius 3 is 2.63 bits per heavy atom. The van der Waals surface area contributed by atoms with E-state index >= 15 is 0 Å². The van der Waals surface area contributed by atoms with E-state index in [2.05, 4.69) is 51.6 Å². The molecule has 5 heteroatoms. The van der Waals surface area contributed by atoms with E-state index in [1.165, 1.54) is 5.56 Å². The summed E-state index contributed by atoms with van der Waals surface area (Å²) in [5, 5.41) is 4.47. The molecule has 1 unspecified atom stereocenters. The van der Waals surface area contributed by atoms with Crippen molar-refractivity contribution in [1.82, 2.24) is 15.2 Å². The summed E-state index contributed by atoms with van der Waals surface area (Å²) in [4.78, 5) is 0. The first-order valence-electron chi connectivity index (χ1n) is 6.39. The molecular formula is C14H19BrN4. The second kappa shape index (κ2) is 6.32. The number of nitrogens with two attached hydrogens (primary N) is 1. The molecule has 0 aliphatic rings. The average molecular weight is 323 g/mol. The number of benzene rings is 1. The zero-order valence-electron chi connectivity index (χ0n) is 11.2. The Labute approximate surface area is 122 Å². The van der Waals surface area contributed by atoms with Crippen molar-refractivity contribution in [1.29, 1.82) is 0 Å².